The fourth-order valence-electron chi connectivity index (χ4n) is 0.322. The van der Waals surface area contributed by atoms with Crippen LogP contribution in [0.1, 0.15) is 20.8 Å². The molecule has 0 aromatic rings. The number of rotatable bonds is 4. The first-order chi connectivity index (χ1) is 7.23. The van der Waals surface area contributed by atoms with Crippen molar-refractivity contribution in [1.82, 2.24) is 0 Å². The normalized spacial score (nSPS) is 9.75. The molecular weight excluding hydrogens is 216 g/mol. The monoisotopic (exact) mass is 236 g/mol. The number of aliphatic hydroxyl groups excluding tert-OH is 1. The second-order valence-corrected chi connectivity index (χ2v) is 2.71. The number of ether oxygens (including phenoxy) is 1. The van der Waals surface area contributed by atoms with Crippen molar-refractivity contribution in [2.45, 2.75) is 26.9 Å². The van der Waals surface area contributed by atoms with E-state index in [9.17, 15) is 0 Å². The van der Waals surface area contributed by atoms with Crippen LogP contribution in [-0.2, 0) is 14.3 Å². The van der Waals surface area contributed by atoms with Crippen LogP contribution in [0.3, 0.4) is 0 Å². The van der Waals surface area contributed by atoms with Gasteiger partial charge in [0, 0.05) is 13.8 Å². The molecule has 6 heteroatoms. The van der Waals surface area contributed by atoms with Crippen LogP contribution in [0.4, 0.5) is 0 Å². The largest absolute Gasteiger partial charge is 0.481 e. The molecular formula is C10H20O6. The van der Waals surface area contributed by atoms with Crippen molar-refractivity contribution in [3.05, 3.63) is 12.7 Å². The Balaban J connectivity index is -0.000000179. The van der Waals surface area contributed by atoms with Gasteiger partial charge in [0.15, 0.2) is 0 Å². The van der Waals surface area contributed by atoms with Gasteiger partial charge in [-0.15, -0.1) is 6.58 Å². The molecule has 0 aliphatic rings. The highest BCUT2D eigenvalue weighted by atomic mass is 16.5. The lowest BCUT2D eigenvalue weighted by molar-refractivity contribution is -0.135. The molecule has 0 fully saturated rings. The van der Waals surface area contributed by atoms with Gasteiger partial charge in [-0.05, 0) is 6.92 Å². The van der Waals surface area contributed by atoms with Crippen LogP contribution in [-0.4, -0.2) is 46.6 Å². The maximum Gasteiger partial charge on any atom is 0.300 e. The molecule has 0 aliphatic heterocycles. The molecule has 0 radical (unpaired) electrons. The first-order valence-electron chi connectivity index (χ1n) is 4.49. The molecule has 0 spiro atoms. The summed E-state index contributed by atoms with van der Waals surface area (Å²) in [5.74, 6) is -1.67. The minimum absolute atomic E-state index is 0.366. The van der Waals surface area contributed by atoms with E-state index >= 15 is 0 Å². The summed E-state index contributed by atoms with van der Waals surface area (Å²) in [7, 11) is 0. The van der Waals surface area contributed by atoms with Crippen LogP contribution < -0.4 is 0 Å². The summed E-state index contributed by atoms with van der Waals surface area (Å²) < 4.78 is 4.88. The van der Waals surface area contributed by atoms with Gasteiger partial charge in [0.05, 0.1) is 19.3 Å². The lowest BCUT2D eigenvalue weighted by atomic mass is 10.4. The zero-order valence-electron chi connectivity index (χ0n) is 9.84. The van der Waals surface area contributed by atoms with Gasteiger partial charge in [-0.1, -0.05) is 6.08 Å². The van der Waals surface area contributed by atoms with Gasteiger partial charge < -0.3 is 20.1 Å². The predicted octanol–water partition coefficient (Wildman–Crippen LogP) is 0.752. The van der Waals surface area contributed by atoms with E-state index in [2.05, 4.69) is 6.58 Å². The van der Waals surface area contributed by atoms with Crippen molar-refractivity contribution in [3.63, 3.8) is 0 Å². The molecule has 6 nitrogen and oxygen atoms in total. The summed E-state index contributed by atoms with van der Waals surface area (Å²) in [5.41, 5.74) is 0. The minimum Gasteiger partial charge on any atom is -0.481 e. The van der Waals surface area contributed by atoms with Crippen LogP contribution in [0, 0.1) is 0 Å². The van der Waals surface area contributed by atoms with E-state index in [0.717, 1.165) is 13.8 Å². The van der Waals surface area contributed by atoms with E-state index < -0.39 is 11.9 Å². The molecule has 96 valence electrons. The third-order valence-corrected chi connectivity index (χ3v) is 0.595. The number of hydrogen-bond acceptors (Lipinski definition) is 4. The van der Waals surface area contributed by atoms with Gasteiger partial charge in [0.2, 0.25) is 0 Å². The van der Waals surface area contributed by atoms with E-state index in [1.54, 1.807) is 13.0 Å². The molecule has 1 unspecified atom stereocenters. The number of aliphatic hydroxyl groups is 1. The fourth-order valence-corrected chi connectivity index (χ4v) is 0.322. The number of carbonyl (C=O) groups is 2. The Morgan fingerprint density at radius 2 is 1.62 bits per heavy atom. The molecule has 0 aromatic carbocycles. The average molecular weight is 236 g/mol. The number of aliphatic carboxylic acids is 2. The lowest BCUT2D eigenvalue weighted by Crippen LogP contribution is -2.09. The summed E-state index contributed by atoms with van der Waals surface area (Å²) in [6.45, 7) is 8.21. The topological polar surface area (TPSA) is 104 Å². The molecule has 0 saturated carbocycles. The Morgan fingerprint density at radius 3 is 1.81 bits per heavy atom. The summed E-state index contributed by atoms with van der Waals surface area (Å²) in [6, 6.07) is 0. The fraction of sp³-hybridized carbons (Fsp3) is 0.600. The van der Waals surface area contributed by atoms with E-state index in [1.165, 1.54) is 0 Å². The molecule has 0 heterocycles. The average Bonchev–Trinajstić information content (AvgIpc) is 2.01. The SMILES string of the molecule is C=CCOCC(C)O.CC(=O)O.CC(=O)O. The van der Waals surface area contributed by atoms with E-state index in [0.29, 0.717) is 13.2 Å². The van der Waals surface area contributed by atoms with E-state index in [4.69, 9.17) is 29.6 Å². The van der Waals surface area contributed by atoms with Crippen molar-refractivity contribution < 1.29 is 29.6 Å². The van der Waals surface area contributed by atoms with Crippen LogP contribution in [0.15, 0.2) is 12.7 Å². The van der Waals surface area contributed by atoms with Gasteiger partial charge in [0.1, 0.15) is 0 Å². The second kappa shape index (κ2) is 16.0. The number of hydrogen-bond donors (Lipinski definition) is 3. The van der Waals surface area contributed by atoms with Gasteiger partial charge in [-0.25, -0.2) is 0 Å². The van der Waals surface area contributed by atoms with Crippen LogP contribution in [0.2, 0.25) is 0 Å². The Morgan fingerprint density at radius 1 is 1.31 bits per heavy atom. The molecule has 0 rings (SSSR count). The third-order valence-electron chi connectivity index (χ3n) is 0.595. The highest BCUT2D eigenvalue weighted by Gasteiger charge is 1.90. The van der Waals surface area contributed by atoms with Crippen molar-refractivity contribution >= 4 is 11.9 Å². The number of carboxylic acids is 2. The Labute approximate surface area is 95.2 Å². The maximum atomic E-state index is 9.00. The Kier molecular flexibility index (Phi) is 20.1. The predicted molar refractivity (Wildman–Crippen MR) is 59.3 cm³/mol. The van der Waals surface area contributed by atoms with Crippen LogP contribution >= 0.6 is 0 Å². The first kappa shape index (κ1) is 20.1. The lowest BCUT2D eigenvalue weighted by Gasteiger charge is -2.01. The van der Waals surface area contributed by atoms with Gasteiger partial charge in [-0.3, -0.25) is 9.59 Å². The van der Waals surface area contributed by atoms with Gasteiger partial charge >= 0.3 is 0 Å². The zero-order valence-corrected chi connectivity index (χ0v) is 9.84. The summed E-state index contributed by atoms with van der Waals surface area (Å²) in [5, 5.41) is 23.5. The minimum atomic E-state index is -0.833. The highest BCUT2D eigenvalue weighted by Crippen LogP contribution is 1.81. The van der Waals surface area contributed by atoms with E-state index in [1.807, 2.05) is 0 Å². The van der Waals surface area contributed by atoms with E-state index in [-0.39, 0.29) is 6.10 Å². The molecule has 1 atom stereocenters. The smallest absolute Gasteiger partial charge is 0.300 e. The Bertz CT molecular complexity index is 168. The van der Waals surface area contributed by atoms with Crippen LogP contribution in [0.5, 0.6) is 0 Å². The zero-order chi connectivity index (χ0) is 13.6. The molecule has 3 N–H and O–H groups in total. The summed E-state index contributed by atoms with van der Waals surface area (Å²) >= 11 is 0. The molecule has 0 amide bonds. The second-order valence-electron chi connectivity index (χ2n) is 2.71. The molecule has 16 heavy (non-hydrogen) atoms. The molecule has 0 bridgehead atoms. The van der Waals surface area contributed by atoms with Crippen molar-refractivity contribution in [2.24, 2.45) is 0 Å². The molecule has 0 aliphatic carbocycles. The number of carboxylic acid groups (broad SMARTS) is 2. The maximum absolute atomic E-state index is 9.00. The quantitative estimate of drug-likeness (QED) is 0.491. The standard InChI is InChI=1S/C6H12O2.2C2H4O2/c1-3-4-8-5-6(2)7;2*1-2(3)4/h3,6-7H,1,4-5H2,2H3;2*1H3,(H,3,4). The Hall–Kier alpha value is -1.40. The molecule has 0 saturated heterocycles. The van der Waals surface area contributed by atoms with Crippen LogP contribution in [0.25, 0.3) is 0 Å². The third kappa shape index (κ3) is 131. The molecule has 0 aromatic heterocycles. The highest BCUT2D eigenvalue weighted by molar-refractivity contribution is 5.63. The van der Waals surface area contributed by atoms with Crippen molar-refractivity contribution in [1.29, 1.82) is 0 Å². The summed E-state index contributed by atoms with van der Waals surface area (Å²) in [4.78, 5) is 18.0. The van der Waals surface area contributed by atoms with Gasteiger partial charge in [-0.2, -0.15) is 0 Å². The van der Waals surface area contributed by atoms with Crippen molar-refractivity contribution in [2.75, 3.05) is 13.2 Å². The van der Waals surface area contributed by atoms with Crippen molar-refractivity contribution in [3.8, 4) is 0 Å². The van der Waals surface area contributed by atoms with Gasteiger partial charge in [0.25, 0.3) is 11.9 Å². The first-order valence-corrected chi connectivity index (χ1v) is 4.49. The summed E-state index contributed by atoms with van der Waals surface area (Å²) in [6.07, 6.45) is 1.29.